The van der Waals surface area contributed by atoms with Crippen LogP contribution >= 0.6 is 0 Å². The molecule has 1 heterocycles. The number of rotatable bonds is 16. The lowest BCUT2D eigenvalue weighted by atomic mass is 9.98. The van der Waals surface area contributed by atoms with Gasteiger partial charge in [-0.1, -0.05) is 30.3 Å². The van der Waals surface area contributed by atoms with Crippen molar-refractivity contribution in [3.8, 4) is 0 Å². The highest BCUT2D eigenvalue weighted by Gasteiger charge is 2.53. The van der Waals surface area contributed by atoms with Crippen molar-refractivity contribution in [1.29, 1.82) is 0 Å². The van der Waals surface area contributed by atoms with E-state index in [0.717, 1.165) is 33.3 Å². The van der Waals surface area contributed by atoms with Gasteiger partial charge in [0.1, 0.15) is 31.4 Å². The predicted molar refractivity (Wildman–Crippen MR) is 157 cm³/mol. The number of ether oxygens (including phenoxy) is 7. The summed E-state index contributed by atoms with van der Waals surface area (Å²) in [6, 6.07) is 6.39. The van der Waals surface area contributed by atoms with E-state index in [4.69, 9.17) is 38.9 Å². The van der Waals surface area contributed by atoms with Crippen LogP contribution in [-0.2, 0) is 73.3 Å². The number of benzene rings is 1. The van der Waals surface area contributed by atoms with Gasteiger partial charge < -0.3 is 49.5 Å². The molecule has 0 bridgehead atoms. The number of nitrogens with one attached hydrogen (secondary N) is 2. The predicted octanol–water partition coefficient (Wildman–Crippen LogP) is -0.832. The largest absolute Gasteiger partial charge is 0.463 e. The van der Waals surface area contributed by atoms with Crippen molar-refractivity contribution in [2.75, 3.05) is 20.3 Å². The normalized spacial score (nSPS) is 21.6. The van der Waals surface area contributed by atoms with Crippen LogP contribution in [0, 0.1) is 0 Å². The molecule has 2 amide bonds. The SMILES string of the molecule is CNC(=O)[C@@H](CCC(=O)OCc1ccccc1)NC(=O)[C@H](N)CO[C@H]1O[C@H](COC(C)=O)[C@@H](OC(C)=O)[C@H](OC(C)=O)[C@@H]1OC(C)=O. The van der Waals surface area contributed by atoms with Crippen molar-refractivity contribution in [1.82, 2.24) is 10.6 Å². The van der Waals surface area contributed by atoms with Gasteiger partial charge in [0.2, 0.25) is 11.8 Å². The second-order valence-electron chi connectivity index (χ2n) is 10.4. The molecule has 0 aliphatic carbocycles. The summed E-state index contributed by atoms with van der Waals surface area (Å²) in [5, 5.41) is 4.86. The number of likely N-dealkylation sites (N-methyl/N-ethyl adjacent to an activating group) is 1. The number of hydrogen-bond donors (Lipinski definition) is 3. The Labute approximate surface area is 271 Å². The maximum atomic E-state index is 13.0. The highest BCUT2D eigenvalue weighted by molar-refractivity contribution is 5.90. The molecule has 1 fully saturated rings. The Morgan fingerprint density at radius 1 is 0.809 bits per heavy atom. The molecule has 0 unspecified atom stereocenters. The molecule has 260 valence electrons. The van der Waals surface area contributed by atoms with E-state index in [1.54, 1.807) is 24.3 Å². The molecule has 0 spiro atoms. The van der Waals surface area contributed by atoms with Crippen molar-refractivity contribution in [3.05, 3.63) is 35.9 Å². The molecule has 4 N–H and O–H groups in total. The Balaban J connectivity index is 2.13. The van der Waals surface area contributed by atoms with E-state index < -0.39 is 97.7 Å². The zero-order valence-electron chi connectivity index (χ0n) is 26.8. The number of esters is 5. The monoisotopic (exact) mass is 667 g/mol. The Kier molecular flexibility index (Phi) is 15.7. The van der Waals surface area contributed by atoms with Crippen LogP contribution in [0.4, 0.5) is 0 Å². The Morgan fingerprint density at radius 3 is 1.98 bits per heavy atom. The van der Waals surface area contributed by atoms with Gasteiger partial charge in [-0.3, -0.25) is 33.6 Å². The van der Waals surface area contributed by atoms with Crippen molar-refractivity contribution in [3.63, 3.8) is 0 Å². The van der Waals surface area contributed by atoms with E-state index in [0.29, 0.717) is 0 Å². The molecule has 1 aliphatic rings. The number of nitrogens with two attached hydrogens (primary N) is 1. The maximum Gasteiger partial charge on any atom is 0.306 e. The van der Waals surface area contributed by atoms with E-state index in [9.17, 15) is 33.6 Å². The molecule has 7 atom stereocenters. The molecule has 2 rings (SSSR count). The maximum absolute atomic E-state index is 13.0. The second kappa shape index (κ2) is 19.1. The van der Waals surface area contributed by atoms with Gasteiger partial charge in [-0.2, -0.15) is 0 Å². The van der Waals surface area contributed by atoms with Gasteiger partial charge in [-0.05, 0) is 12.0 Å². The lowest BCUT2D eigenvalue weighted by Crippen LogP contribution is -2.63. The number of carbonyl (C=O) groups is 7. The molecule has 47 heavy (non-hydrogen) atoms. The Bertz CT molecular complexity index is 1260. The van der Waals surface area contributed by atoms with Gasteiger partial charge in [0.05, 0.1) is 6.61 Å². The quantitative estimate of drug-likeness (QED) is 0.144. The average molecular weight is 668 g/mol. The van der Waals surface area contributed by atoms with Crippen LogP contribution in [0.3, 0.4) is 0 Å². The molecule has 17 nitrogen and oxygen atoms in total. The fourth-order valence-electron chi connectivity index (χ4n) is 4.39. The first-order chi connectivity index (χ1) is 22.2. The molecule has 1 aliphatic heterocycles. The first-order valence-corrected chi connectivity index (χ1v) is 14.6. The van der Waals surface area contributed by atoms with Crippen molar-refractivity contribution < 1.29 is 66.7 Å². The van der Waals surface area contributed by atoms with Gasteiger partial charge in [-0.25, -0.2) is 0 Å². The Hall–Kier alpha value is -4.61. The molecular weight excluding hydrogens is 626 g/mol. The van der Waals surface area contributed by atoms with E-state index in [1.165, 1.54) is 7.05 Å². The summed E-state index contributed by atoms with van der Waals surface area (Å²) < 4.78 is 37.7. The lowest BCUT2D eigenvalue weighted by Gasteiger charge is -2.44. The summed E-state index contributed by atoms with van der Waals surface area (Å²) in [6.07, 6.45) is -7.54. The summed E-state index contributed by atoms with van der Waals surface area (Å²) in [6.45, 7) is 3.30. The van der Waals surface area contributed by atoms with E-state index in [-0.39, 0.29) is 19.4 Å². The third kappa shape index (κ3) is 13.3. The highest BCUT2D eigenvalue weighted by atomic mass is 16.7. The summed E-state index contributed by atoms with van der Waals surface area (Å²) in [7, 11) is 1.35. The van der Waals surface area contributed by atoms with Crippen LogP contribution in [0.25, 0.3) is 0 Å². The zero-order valence-corrected chi connectivity index (χ0v) is 26.8. The van der Waals surface area contributed by atoms with Crippen molar-refractivity contribution in [2.24, 2.45) is 5.73 Å². The molecule has 17 heteroatoms. The standard InChI is InChI=1S/C30H41N3O14/c1-16(34)41-15-23-25(44-17(2)35)26(45-18(3)36)27(46-19(4)37)30(47-23)43-14-21(31)28(39)33-22(29(40)32-5)11-12-24(38)42-13-20-9-7-6-8-10-20/h6-10,21-23,25-27,30H,11-15,31H2,1-5H3,(H,32,40)(H,33,39)/t21-,22-,23-,25-,26+,27+,30+/m1/s1. The summed E-state index contributed by atoms with van der Waals surface area (Å²) in [4.78, 5) is 85.0. The molecule has 0 aromatic heterocycles. The fourth-order valence-corrected chi connectivity index (χ4v) is 4.39. The third-order valence-electron chi connectivity index (χ3n) is 6.48. The minimum Gasteiger partial charge on any atom is -0.463 e. The first kappa shape index (κ1) is 38.6. The van der Waals surface area contributed by atoms with Crippen molar-refractivity contribution >= 4 is 41.7 Å². The first-order valence-electron chi connectivity index (χ1n) is 14.6. The van der Waals surface area contributed by atoms with Crippen LogP contribution in [0.2, 0.25) is 0 Å². The Morgan fingerprint density at radius 2 is 1.40 bits per heavy atom. The summed E-state index contributed by atoms with van der Waals surface area (Å²) >= 11 is 0. The highest BCUT2D eigenvalue weighted by Crippen LogP contribution is 2.30. The minimum atomic E-state index is -1.57. The smallest absolute Gasteiger partial charge is 0.306 e. The molecule has 1 saturated heterocycles. The number of hydrogen-bond acceptors (Lipinski definition) is 15. The minimum absolute atomic E-state index is 0.0398. The molecule has 1 aromatic carbocycles. The van der Waals surface area contributed by atoms with E-state index in [2.05, 4.69) is 10.6 Å². The second-order valence-corrected chi connectivity index (χ2v) is 10.4. The number of amides is 2. The molecule has 1 aromatic rings. The molecule has 0 saturated carbocycles. The van der Waals surface area contributed by atoms with Gasteiger partial charge in [0.15, 0.2) is 24.6 Å². The number of carbonyl (C=O) groups excluding carboxylic acids is 7. The van der Waals surface area contributed by atoms with Crippen LogP contribution in [0.1, 0.15) is 46.1 Å². The lowest BCUT2D eigenvalue weighted by molar-refractivity contribution is -0.308. The summed E-state index contributed by atoms with van der Waals surface area (Å²) in [5.41, 5.74) is 6.81. The summed E-state index contributed by atoms with van der Waals surface area (Å²) in [5.74, 6) is -5.22. The average Bonchev–Trinajstić information content (AvgIpc) is 3.01. The van der Waals surface area contributed by atoms with E-state index in [1.807, 2.05) is 6.07 Å². The van der Waals surface area contributed by atoms with Crippen molar-refractivity contribution in [2.45, 2.75) is 89.9 Å². The van der Waals surface area contributed by atoms with Crippen LogP contribution in [-0.4, -0.2) is 105 Å². The van der Waals surface area contributed by atoms with Gasteiger partial charge >= 0.3 is 29.8 Å². The third-order valence-corrected chi connectivity index (χ3v) is 6.48. The molecule has 0 radical (unpaired) electrons. The zero-order chi connectivity index (χ0) is 35.1. The fraction of sp³-hybridized carbons (Fsp3) is 0.567. The van der Waals surface area contributed by atoms with Crippen LogP contribution in [0.15, 0.2) is 30.3 Å². The van der Waals surface area contributed by atoms with Crippen LogP contribution in [0.5, 0.6) is 0 Å². The molecular formula is C30H41N3O14. The van der Waals surface area contributed by atoms with Gasteiger partial charge in [0.25, 0.3) is 0 Å². The van der Waals surface area contributed by atoms with E-state index >= 15 is 0 Å². The van der Waals surface area contributed by atoms with Crippen LogP contribution < -0.4 is 16.4 Å². The van der Waals surface area contributed by atoms with Gasteiger partial charge in [-0.15, -0.1) is 0 Å². The topological polar surface area (TPSA) is 234 Å². The van der Waals surface area contributed by atoms with Gasteiger partial charge in [0, 0.05) is 41.2 Å².